The lowest BCUT2D eigenvalue weighted by molar-refractivity contribution is -0.127. The standard InChI is InChI=1S/C35H43N9O6/c1-35(2,3)50-33(48)37-19-22-8-12-25(13-9-22)31(46)44(26-16-14-24(15-17-26)30-38-40-41-39-30)28(29(36)45)18-21-6-10-23(11-7-21)27-20-42(4)34(49)43(5)32(27)47/h6-7,10-11,14-17,20,22,25,28H,8-9,12-13,18-19H2,1-5H3,(H2,36,45)(H,37,48)(H,38,39,40,41)/t22?,25?,28-/m0/s1. The van der Waals surface area contributed by atoms with Crippen LogP contribution >= 0.6 is 0 Å². The molecule has 50 heavy (non-hydrogen) atoms. The maximum atomic E-state index is 14.4. The molecule has 1 aliphatic rings. The molecule has 1 fully saturated rings. The van der Waals surface area contributed by atoms with E-state index in [2.05, 4.69) is 25.9 Å². The van der Waals surface area contributed by atoms with Gasteiger partial charge >= 0.3 is 11.8 Å². The summed E-state index contributed by atoms with van der Waals surface area (Å²) in [4.78, 5) is 66.2. The van der Waals surface area contributed by atoms with Gasteiger partial charge in [0.2, 0.25) is 17.6 Å². The van der Waals surface area contributed by atoms with Crippen molar-refractivity contribution in [3.05, 3.63) is 81.1 Å². The fourth-order valence-electron chi connectivity index (χ4n) is 6.24. The molecule has 2 aromatic carbocycles. The van der Waals surface area contributed by atoms with Crippen molar-refractivity contribution < 1.29 is 19.1 Å². The molecule has 15 heteroatoms. The van der Waals surface area contributed by atoms with Gasteiger partial charge in [-0.25, -0.2) is 9.59 Å². The van der Waals surface area contributed by atoms with Crippen LogP contribution in [0.3, 0.4) is 0 Å². The van der Waals surface area contributed by atoms with Gasteiger partial charge < -0.3 is 20.4 Å². The number of alkyl carbamates (subject to hydrolysis) is 1. The zero-order valence-corrected chi connectivity index (χ0v) is 28.9. The van der Waals surface area contributed by atoms with E-state index in [1.807, 2.05) is 20.8 Å². The number of aromatic nitrogens is 6. The predicted molar refractivity (Wildman–Crippen MR) is 186 cm³/mol. The molecule has 4 N–H and O–H groups in total. The summed E-state index contributed by atoms with van der Waals surface area (Å²) < 4.78 is 7.74. The van der Waals surface area contributed by atoms with Crippen LogP contribution in [-0.2, 0) is 34.8 Å². The molecule has 1 aliphatic carbocycles. The maximum absolute atomic E-state index is 14.4. The molecular weight excluding hydrogens is 642 g/mol. The minimum atomic E-state index is -1.03. The van der Waals surface area contributed by atoms with Crippen molar-refractivity contribution in [2.24, 2.45) is 31.7 Å². The Labute approximate surface area is 288 Å². The second kappa shape index (κ2) is 14.9. The normalized spacial score (nSPS) is 16.7. The van der Waals surface area contributed by atoms with E-state index in [0.717, 1.165) is 10.1 Å². The van der Waals surface area contributed by atoms with E-state index in [-0.39, 0.29) is 24.2 Å². The molecule has 1 atom stereocenters. The third-order valence-electron chi connectivity index (χ3n) is 8.90. The number of aromatic amines is 1. The van der Waals surface area contributed by atoms with Crippen LogP contribution in [0.1, 0.15) is 52.0 Å². The highest BCUT2D eigenvalue weighted by atomic mass is 16.6. The highest BCUT2D eigenvalue weighted by molar-refractivity contribution is 6.01. The van der Waals surface area contributed by atoms with Crippen molar-refractivity contribution in [2.75, 3.05) is 11.4 Å². The van der Waals surface area contributed by atoms with Gasteiger partial charge in [0.25, 0.3) is 5.56 Å². The van der Waals surface area contributed by atoms with E-state index in [0.29, 0.717) is 60.4 Å². The lowest BCUT2D eigenvalue weighted by atomic mass is 9.81. The molecule has 0 aliphatic heterocycles. The van der Waals surface area contributed by atoms with Gasteiger partial charge in [0, 0.05) is 50.4 Å². The van der Waals surface area contributed by atoms with Crippen molar-refractivity contribution in [1.82, 2.24) is 35.1 Å². The van der Waals surface area contributed by atoms with Crippen LogP contribution in [0.15, 0.2) is 64.3 Å². The van der Waals surface area contributed by atoms with Crippen LogP contribution in [-0.4, -0.2) is 65.9 Å². The Bertz CT molecular complexity index is 1940. The number of amides is 3. The fraction of sp³-hybridized carbons (Fsp3) is 0.429. The first-order valence-corrected chi connectivity index (χ1v) is 16.5. The van der Waals surface area contributed by atoms with Gasteiger partial charge in [-0.15, -0.1) is 10.2 Å². The topological polar surface area (TPSA) is 200 Å². The highest BCUT2D eigenvalue weighted by Crippen LogP contribution is 2.33. The summed E-state index contributed by atoms with van der Waals surface area (Å²) in [7, 11) is 3.00. The number of aryl methyl sites for hydroxylation is 1. The van der Waals surface area contributed by atoms with Crippen LogP contribution in [0, 0.1) is 11.8 Å². The number of nitrogens with zero attached hydrogens (tertiary/aromatic N) is 6. The van der Waals surface area contributed by atoms with Gasteiger partial charge in [0.05, 0.1) is 5.56 Å². The molecule has 5 rings (SSSR count). The van der Waals surface area contributed by atoms with Crippen molar-refractivity contribution in [3.8, 4) is 22.5 Å². The molecule has 3 amide bonds. The summed E-state index contributed by atoms with van der Waals surface area (Å²) >= 11 is 0. The molecule has 15 nitrogen and oxygen atoms in total. The Kier molecular flexibility index (Phi) is 10.6. The van der Waals surface area contributed by atoms with Crippen molar-refractivity contribution in [2.45, 2.75) is 64.5 Å². The van der Waals surface area contributed by atoms with Crippen molar-refractivity contribution in [3.63, 3.8) is 0 Å². The Morgan fingerprint density at radius 3 is 2.22 bits per heavy atom. The Morgan fingerprint density at radius 2 is 1.64 bits per heavy atom. The van der Waals surface area contributed by atoms with E-state index < -0.39 is 34.9 Å². The minimum Gasteiger partial charge on any atom is -0.444 e. The molecular formula is C35H43N9O6. The van der Waals surface area contributed by atoms with E-state index in [9.17, 15) is 24.0 Å². The van der Waals surface area contributed by atoms with E-state index >= 15 is 0 Å². The number of nitrogens with one attached hydrogen (secondary N) is 2. The monoisotopic (exact) mass is 685 g/mol. The van der Waals surface area contributed by atoms with Crippen LogP contribution in [0.5, 0.6) is 0 Å². The quantitative estimate of drug-likeness (QED) is 0.225. The van der Waals surface area contributed by atoms with Gasteiger partial charge in [-0.1, -0.05) is 24.3 Å². The first-order valence-electron chi connectivity index (χ1n) is 16.5. The molecule has 1 saturated carbocycles. The zero-order valence-electron chi connectivity index (χ0n) is 28.9. The molecule has 0 radical (unpaired) electrons. The summed E-state index contributed by atoms with van der Waals surface area (Å²) in [5, 5.41) is 16.9. The molecule has 2 aromatic heterocycles. The number of hydrogen-bond acceptors (Lipinski definition) is 9. The van der Waals surface area contributed by atoms with Gasteiger partial charge in [0.1, 0.15) is 11.6 Å². The summed E-state index contributed by atoms with van der Waals surface area (Å²) in [6.07, 6.45) is 3.72. The maximum Gasteiger partial charge on any atom is 0.407 e. The zero-order chi connectivity index (χ0) is 36.2. The number of rotatable bonds is 10. The molecule has 0 saturated heterocycles. The first kappa shape index (κ1) is 35.7. The van der Waals surface area contributed by atoms with E-state index in [1.165, 1.54) is 22.7 Å². The minimum absolute atomic E-state index is 0.119. The number of anilines is 1. The number of ether oxygens (including phenoxy) is 1. The number of hydrogen-bond donors (Lipinski definition) is 3. The van der Waals surface area contributed by atoms with E-state index in [1.54, 1.807) is 55.6 Å². The van der Waals surface area contributed by atoms with Crippen LogP contribution in [0.4, 0.5) is 10.5 Å². The van der Waals surface area contributed by atoms with Crippen molar-refractivity contribution in [1.29, 1.82) is 0 Å². The van der Waals surface area contributed by atoms with Crippen molar-refractivity contribution >= 4 is 23.6 Å². The number of nitrogens with two attached hydrogens (primary N) is 1. The summed E-state index contributed by atoms with van der Waals surface area (Å²) in [6.45, 7) is 5.87. The number of carbonyl (C=O) groups excluding carboxylic acids is 3. The summed E-state index contributed by atoms with van der Waals surface area (Å²) in [6, 6.07) is 13.0. The molecule has 0 unspecified atom stereocenters. The molecule has 2 heterocycles. The molecule has 264 valence electrons. The SMILES string of the molecule is Cn1cc(-c2ccc(C[C@@H](C(N)=O)N(C(=O)C3CCC(CNC(=O)OC(C)(C)C)CC3)c3ccc(-c4nn[nH]n4)cc3)cc2)c(=O)n(C)c1=O. The average molecular weight is 686 g/mol. The van der Waals surface area contributed by atoms with E-state index in [4.69, 9.17) is 10.5 Å². The Hall–Kier alpha value is -5.60. The lowest BCUT2D eigenvalue weighted by Gasteiger charge is -2.36. The summed E-state index contributed by atoms with van der Waals surface area (Å²) in [5.41, 5.74) is 7.41. The van der Waals surface area contributed by atoms with Gasteiger partial charge in [-0.3, -0.25) is 23.9 Å². The number of tetrazole rings is 1. The number of benzene rings is 2. The number of H-pyrrole nitrogens is 1. The fourth-order valence-corrected chi connectivity index (χ4v) is 6.24. The predicted octanol–water partition coefficient (Wildman–Crippen LogP) is 2.69. The molecule has 0 bridgehead atoms. The van der Waals surface area contributed by atoms with Gasteiger partial charge in [0.15, 0.2) is 0 Å². The highest BCUT2D eigenvalue weighted by Gasteiger charge is 2.36. The summed E-state index contributed by atoms with van der Waals surface area (Å²) in [5.74, 6) is -0.692. The number of primary amides is 1. The van der Waals surface area contributed by atoms with Crippen LogP contribution in [0.2, 0.25) is 0 Å². The largest absolute Gasteiger partial charge is 0.444 e. The smallest absolute Gasteiger partial charge is 0.407 e. The Morgan fingerprint density at radius 1 is 1.00 bits per heavy atom. The lowest BCUT2D eigenvalue weighted by Crippen LogP contribution is -2.52. The third kappa shape index (κ3) is 8.33. The molecule has 4 aromatic rings. The third-order valence-corrected chi connectivity index (χ3v) is 8.90. The second-order valence-electron chi connectivity index (χ2n) is 13.7. The average Bonchev–Trinajstić information content (AvgIpc) is 3.63. The van der Waals surface area contributed by atoms with Crippen LogP contribution in [0.25, 0.3) is 22.5 Å². The molecule has 0 spiro atoms. The number of carbonyl (C=O) groups is 3. The first-order chi connectivity index (χ1) is 23.7. The van der Waals surface area contributed by atoms with Gasteiger partial charge in [-0.05, 0) is 93.0 Å². The van der Waals surface area contributed by atoms with Crippen LogP contribution < -0.4 is 27.2 Å². The van der Waals surface area contributed by atoms with Gasteiger partial charge in [-0.2, -0.15) is 5.21 Å². The Balaban J connectivity index is 1.38. The second-order valence-corrected chi connectivity index (χ2v) is 13.7.